The van der Waals surface area contributed by atoms with Crippen molar-refractivity contribution in [3.05, 3.63) is 29.8 Å². The van der Waals surface area contributed by atoms with Crippen LogP contribution < -0.4 is 11.1 Å². The second-order valence-electron chi connectivity index (χ2n) is 6.86. The Morgan fingerprint density at radius 1 is 1.30 bits per heavy atom. The molecule has 3 N–H and O–H groups in total. The molecule has 2 aliphatic rings. The van der Waals surface area contributed by atoms with E-state index in [1.165, 1.54) is 0 Å². The van der Waals surface area contributed by atoms with E-state index in [-0.39, 0.29) is 23.8 Å². The Morgan fingerprint density at radius 3 is 2.78 bits per heavy atom. The lowest BCUT2D eigenvalue weighted by molar-refractivity contribution is -0.117. The van der Waals surface area contributed by atoms with E-state index in [0.717, 1.165) is 32.2 Å². The van der Waals surface area contributed by atoms with Crippen molar-refractivity contribution in [1.29, 1.82) is 0 Å². The van der Waals surface area contributed by atoms with E-state index in [2.05, 4.69) is 12.2 Å². The van der Waals surface area contributed by atoms with Crippen LogP contribution in [-0.4, -0.2) is 35.8 Å². The number of nitrogens with two attached hydrogens (primary N) is 1. The highest BCUT2D eigenvalue weighted by atomic mass is 16.2. The second kappa shape index (κ2) is 6.71. The molecule has 1 saturated carbocycles. The van der Waals surface area contributed by atoms with Gasteiger partial charge in [0.2, 0.25) is 5.91 Å². The van der Waals surface area contributed by atoms with Crippen molar-refractivity contribution in [2.24, 2.45) is 17.6 Å². The number of nitrogens with one attached hydrogen (secondary N) is 1. The number of piperidine rings is 1. The first kappa shape index (κ1) is 16.0. The van der Waals surface area contributed by atoms with Gasteiger partial charge in [-0.15, -0.1) is 0 Å². The molecule has 2 fully saturated rings. The fourth-order valence-corrected chi connectivity index (χ4v) is 3.23. The maximum Gasteiger partial charge on any atom is 0.254 e. The Balaban J connectivity index is 1.72. The molecule has 1 aromatic carbocycles. The number of amides is 2. The average Bonchev–Trinajstić information content (AvgIpc) is 3.39. The molecule has 1 heterocycles. The predicted molar refractivity (Wildman–Crippen MR) is 90.1 cm³/mol. The molecule has 0 radical (unpaired) electrons. The minimum absolute atomic E-state index is 0.00914. The molecule has 2 amide bonds. The summed E-state index contributed by atoms with van der Waals surface area (Å²) in [6, 6.07) is 7.33. The lowest BCUT2D eigenvalue weighted by atomic mass is 9.92. The molecule has 5 heteroatoms. The maximum absolute atomic E-state index is 12.8. The molecule has 1 aliphatic carbocycles. The van der Waals surface area contributed by atoms with Crippen molar-refractivity contribution >= 4 is 17.5 Å². The van der Waals surface area contributed by atoms with Crippen molar-refractivity contribution < 1.29 is 9.59 Å². The van der Waals surface area contributed by atoms with Crippen molar-refractivity contribution in [3.8, 4) is 0 Å². The quantitative estimate of drug-likeness (QED) is 0.894. The van der Waals surface area contributed by atoms with Crippen LogP contribution >= 0.6 is 0 Å². The Bertz CT molecular complexity index is 598. The zero-order chi connectivity index (χ0) is 16.4. The number of likely N-dealkylation sites (tertiary alicyclic amines) is 1. The van der Waals surface area contributed by atoms with Gasteiger partial charge in [-0.1, -0.05) is 13.0 Å². The summed E-state index contributed by atoms with van der Waals surface area (Å²) in [6.45, 7) is 3.45. The summed E-state index contributed by atoms with van der Waals surface area (Å²) >= 11 is 0. The minimum atomic E-state index is 0.00914. The molecule has 1 aliphatic heterocycles. The van der Waals surface area contributed by atoms with Crippen LogP contribution in [0.25, 0.3) is 0 Å². The van der Waals surface area contributed by atoms with E-state index in [1.807, 2.05) is 17.0 Å². The summed E-state index contributed by atoms with van der Waals surface area (Å²) in [7, 11) is 0. The fraction of sp³-hybridized carbons (Fsp3) is 0.556. The second-order valence-corrected chi connectivity index (χ2v) is 6.86. The first-order chi connectivity index (χ1) is 11.1. The zero-order valence-corrected chi connectivity index (χ0v) is 13.6. The molecule has 1 aromatic rings. The molecule has 2 unspecified atom stereocenters. The first-order valence-corrected chi connectivity index (χ1v) is 8.50. The number of rotatable bonds is 4. The highest BCUT2D eigenvalue weighted by Crippen LogP contribution is 2.30. The van der Waals surface area contributed by atoms with Gasteiger partial charge < -0.3 is 16.0 Å². The van der Waals surface area contributed by atoms with Crippen molar-refractivity contribution in [1.82, 2.24) is 4.90 Å². The number of benzene rings is 1. The Kier molecular flexibility index (Phi) is 4.66. The molecule has 23 heavy (non-hydrogen) atoms. The number of carbonyl (C=O) groups is 2. The number of anilines is 1. The van der Waals surface area contributed by atoms with Gasteiger partial charge in [0.05, 0.1) is 0 Å². The Morgan fingerprint density at radius 2 is 2.09 bits per heavy atom. The lowest BCUT2D eigenvalue weighted by Gasteiger charge is -2.38. The predicted octanol–water partition coefficient (Wildman–Crippen LogP) is 2.23. The van der Waals surface area contributed by atoms with Gasteiger partial charge in [0, 0.05) is 36.3 Å². The van der Waals surface area contributed by atoms with E-state index < -0.39 is 0 Å². The highest BCUT2D eigenvalue weighted by molar-refractivity contribution is 5.98. The summed E-state index contributed by atoms with van der Waals surface area (Å²) in [6.07, 6.45) is 3.91. The molecular formula is C18H25N3O2. The lowest BCUT2D eigenvalue weighted by Crippen LogP contribution is -2.49. The molecule has 0 spiro atoms. The summed E-state index contributed by atoms with van der Waals surface area (Å²) < 4.78 is 0. The largest absolute Gasteiger partial charge is 0.334 e. The van der Waals surface area contributed by atoms with Crippen LogP contribution in [0.5, 0.6) is 0 Å². The van der Waals surface area contributed by atoms with Crippen LogP contribution in [0.1, 0.15) is 43.0 Å². The SMILES string of the molecule is CC1CCN(C(=O)c2cccc(NC(=O)C3CC3)c2)C(CN)C1. The molecule has 5 nitrogen and oxygen atoms in total. The van der Waals surface area contributed by atoms with Gasteiger partial charge in [-0.2, -0.15) is 0 Å². The molecular weight excluding hydrogens is 290 g/mol. The van der Waals surface area contributed by atoms with Gasteiger partial charge in [-0.25, -0.2) is 0 Å². The summed E-state index contributed by atoms with van der Waals surface area (Å²) in [4.78, 5) is 26.6. The third-order valence-corrected chi connectivity index (χ3v) is 4.84. The molecule has 124 valence electrons. The number of nitrogens with zero attached hydrogens (tertiary/aromatic N) is 1. The van der Waals surface area contributed by atoms with Gasteiger partial charge in [0.15, 0.2) is 0 Å². The average molecular weight is 315 g/mol. The smallest absolute Gasteiger partial charge is 0.254 e. The number of carbonyl (C=O) groups excluding carboxylic acids is 2. The van der Waals surface area contributed by atoms with E-state index in [9.17, 15) is 9.59 Å². The first-order valence-electron chi connectivity index (χ1n) is 8.50. The van der Waals surface area contributed by atoms with Crippen molar-refractivity contribution in [2.45, 2.75) is 38.6 Å². The van der Waals surface area contributed by atoms with E-state index in [1.54, 1.807) is 12.1 Å². The third kappa shape index (κ3) is 3.72. The van der Waals surface area contributed by atoms with E-state index in [0.29, 0.717) is 23.7 Å². The molecule has 3 rings (SSSR count). The summed E-state index contributed by atoms with van der Waals surface area (Å²) in [5.74, 6) is 0.826. The van der Waals surface area contributed by atoms with Crippen LogP contribution in [0, 0.1) is 11.8 Å². The van der Waals surface area contributed by atoms with Crippen molar-refractivity contribution in [2.75, 3.05) is 18.4 Å². The van der Waals surface area contributed by atoms with Crippen LogP contribution in [0.3, 0.4) is 0 Å². The Labute approximate surface area is 137 Å². The molecule has 1 saturated heterocycles. The maximum atomic E-state index is 12.8. The van der Waals surface area contributed by atoms with Gasteiger partial charge >= 0.3 is 0 Å². The minimum Gasteiger partial charge on any atom is -0.334 e. The summed E-state index contributed by atoms with van der Waals surface area (Å²) in [5.41, 5.74) is 7.17. The van der Waals surface area contributed by atoms with Crippen molar-refractivity contribution in [3.63, 3.8) is 0 Å². The fourth-order valence-electron chi connectivity index (χ4n) is 3.23. The van der Waals surface area contributed by atoms with Crippen LogP contribution in [0.15, 0.2) is 24.3 Å². The van der Waals surface area contributed by atoms with E-state index in [4.69, 9.17) is 5.73 Å². The standard InChI is InChI=1S/C18H25N3O2/c1-12-7-8-21(16(9-12)11-19)18(23)14-3-2-4-15(10-14)20-17(22)13-5-6-13/h2-4,10,12-13,16H,5-9,11,19H2,1H3,(H,20,22). The molecule has 0 aromatic heterocycles. The van der Waals surface area contributed by atoms with Gasteiger partial charge in [0.25, 0.3) is 5.91 Å². The zero-order valence-electron chi connectivity index (χ0n) is 13.6. The van der Waals surface area contributed by atoms with Gasteiger partial charge in [-0.3, -0.25) is 9.59 Å². The topological polar surface area (TPSA) is 75.4 Å². The molecule has 2 atom stereocenters. The number of hydrogen-bond acceptors (Lipinski definition) is 3. The van der Waals surface area contributed by atoms with Crippen LogP contribution in [-0.2, 0) is 4.79 Å². The molecule has 0 bridgehead atoms. The van der Waals surface area contributed by atoms with Crippen LogP contribution in [0.4, 0.5) is 5.69 Å². The number of hydrogen-bond donors (Lipinski definition) is 2. The van der Waals surface area contributed by atoms with Gasteiger partial charge in [0.1, 0.15) is 0 Å². The van der Waals surface area contributed by atoms with E-state index >= 15 is 0 Å². The normalized spacial score (nSPS) is 24.3. The van der Waals surface area contributed by atoms with Crippen LogP contribution in [0.2, 0.25) is 0 Å². The highest BCUT2D eigenvalue weighted by Gasteiger charge is 2.31. The Hall–Kier alpha value is -1.88. The third-order valence-electron chi connectivity index (χ3n) is 4.84. The summed E-state index contributed by atoms with van der Waals surface area (Å²) in [5, 5.41) is 2.90. The van der Waals surface area contributed by atoms with Gasteiger partial charge in [-0.05, 0) is 49.8 Å². The monoisotopic (exact) mass is 315 g/mol.